The van der Waals surface area contributed by atoms with E-state index >= 15 is 0 Å². The summed E-state index contributed by atoms with van der Waals surface area (Å²) in [6, 6.07) is 6.84. The number of benzene rings is 1. The van der Waals surface area contributed by atoms with Crippen LogP contribution in [0.2, 0.25) is 0 Å². The second-order valence-electron chi connectivity index (χ2n) is 5.44. The minimum atomic E-state index is -0.738. The molecule has 2 heterocycles. The van der Waals surface area contributed by atoms with Crippen LogP contribution in [0.3, 0.4) is 0 Å². The Balaban J connectivity index is 2.32. The Bertz CT molecular complexity index is 1060. The number of hydrogen-bond acceptors (Lipinski definition) is 7. The fourth-order valence-corrected chi connectivity index (χ4v) is 2.68. The van der Waals surface area contributed by atoms with Gasteiger partial charge in [-0.15, -0.1) is 0 Å². The van der Waals surface area contributed by atoms with Crippen LogP contribution in [0.25, 0.3) is 11.4 Å². The van der Waals surface area contributed by atoms with Gasteiger partial charge in [-0.2, -0.15) is 5.26 Å². The van der Waals surface area contributed by atoms with Gasteiger partial charge in [-0.1, -0.05) is 0 Å². The van der Waals surface area contributed by atoms with Gasteiger partial charge >= 0.3 is 11.9 Å². The minimum absolute atomic E-state index is 0.0341. The maximum atomic E-state index is 12.3. The maximum absolute atomic E-state index is 12.3. The molecule has 0 saturated carbocycles. The number of aromatic nitrogens is 3. The van der Waals surface area contributed by atoms with Gasteiger partial charge < -0.3 is 24.3 Å². The van der Waals surface area contributed by atoms with Crippen molar-refractivity contribution in [1.82, 2.24) is 14.1 Å². The standard InChI is InChI=1S/C18H15N5O4/c1-26-17(24)13-4-3-12(22-6-5-21-10-22)7-14(13)23-9-11(8-19)15(20)16(23)18(25)27-2/h3-7,9-10H,20H2,1-2H3. The largest absolute Gasteiger partial charge is 0.465 e. The van der Waals surface area contributed by atoms with Gasteiger partial charge in [-0.05, 0) is 18.2 Å². The van der Waals surface area contributed by atoms with E-state index in [2.05, 4.69) is 4.98 Å². The number of hydrogen-bond donors (Lipinski definition) is 1. The summed E-state index contributed by atoms with van der Waals surface area (Å²) in [4.78, 5) is 28.5. The third kappa shape index (κ3) is 3.00. The molecule has 3 rings (SSSR count). The number of nitriles is 1. The average Bonchev–Trinajstić information content (AvgIpc) is 3.34. The Hall–Kier alpha value is -4.06. The van der Waals surface area contributed by atoms with Gasteiger partial charge in [0.1, 0.15) is 6.07 Å². The van der Waals surface area contributed by atoms with E-state index in [0.717, 1.165) is 0 Å². The van der Waals surface area contributed by atoms with Crippen molar-refractivity contribution in [3.63, 3.8) is 0 Å². The molecule has 0 aliphatic rings. The van der Waals surface area contributed by atoms with Crippen molar-refractivity contribution in [1.29, 1.82) is 5.26 Å². The number of esters is 2. The number of ether oxygens (including phenoxy) is 2. The predicted octanol–water partition coefficient (Wildman–Crippen LogP) is 1.69. The molecule has 0 unspecified atom stereocenters. The molecule has 136 valence electrons. The summed E-state index contributed by atoms with van der Waals surface area (Å²) in [7, 11) is 2.45. The second-order valence-corrected chi connectivity index (χ2v) is 5.44. The molecule has 0 aliphatic carbocycles. The Morgan fingerprint density at radius 2 is 1.96 bits per heavy atom. The first-order valence-electron chi connectivity index (χ1n) is 7.72. The fourth-order valence-electron chi connectivity index (χ4n) is 2.68. The third-order valence-corrected chi connectivity index (χ3v) is 3.99. The number of nitrogens with two attached hydrogens (primary N) is 1. The molecule has 3 aromatic rings. The van der Waals surface area contributed by atoms with Crippen molar-refractivity contribution < 1.29 is 19.1 Å². The lowest BCUT2D eigenvalue weighted by atomic mass is 10.1. The summed E-state index contributed by atoms with van der Waals surface area (Å²) < 4.78 is 12.7. The van der Waals surface area contributed by atoms with Gasteiger partial charge in [0.2, 0.25) is 0 Å². The summed E-state index contributed by atoms with van der Waals surface area (Å²) >= 11 is 0. The monoisotopic (exact) mass is 365 g/mol. The number of carbonyl (C=O) groups excluding carboxylic acids is 2. The molecular formula is C18H15N5O4. The molecule has 0 bridgehead atoms. The van der Waals surface area contributed by atoms with E-state index in [1.54, 1.807) is 41.5 Å². The van der Waals surface area contributed by atoms with Crippen molar-refractivity contribution in [2.75, 3.05) is 20.0 Å². The summed E-state index contributed by atoms with van der Waals surface area (Å²) in [5, 5.41) is 9.29. The number of rotatable bonds is 4. The van der Waals surface area contributed by atoms with E-state index in [0.29, 0.717) is 11.4 Å². The number of carbonyl (C=O) groups is 2. The number of methoxy groups -OCH3 is 2. The highest BCUT2D eigenvalue weighted by atomic mass is 16.5. The van der Waals surface area contributed by atoms with Gasteiger partial charge in [-0.25, -0.2) is 14.6 Å². The first-order valence-corrected chi connectivity index (χ1v) is 7.72. The molecule has 1 aromatic carbocycles. The zero-order valence-corrected chi connectivity index (χ0v) is 14.5. The van der Waals surface area contributed by atoms with Crippen LogP contribution in [0.1, 0.15) is 26.4 Å². The minimum Gasteiger partial charge on any atom is -0.465 e. The lowest BCUT2D eigenvalue weighted by Gasteiger charge is -2.14. The van der Waals surface area contributed by atoms with Crippen molar-refractivity contribution in [3.05, 3.63) is 59.9 Å². The number of nitrogens with zero attached hydrogens (tertiary/aromatic N) is 4. The summed E-state index contributed by atoms with van der Waals surface area (Å²) in [5.74, 6) is -1.35. The number of imidazole rings is 1. The average molecular weight is 365 g/mol. The van der Waals surface area contributed by atoms with Crippen LogP contribution in [-0.2, 0) is 9.47 Å². The van der Waals surface area contributed by atoms with Crippen LogP contribution in [0.15, 0.2) is 43.1 Å². The van der Waals surface area contributed by atoms with Crippen LogP contribution < -0.4 is 5.73 Å². The zero-order valence-electron chi connectivity index (χ0n) is 14.5. The molecule has 0 aliphatic heterocycles. The van der Waals surface area contributed by atoms with Crippen molar-refractivity contribution >= 4 is 17.6 Å². The molecule has 2 N–H and O–H groups in total. The smallest absolute Gasteiger partial charge is 0.357 e. The van der Waals surface area contributed by atoms with Crippen molar-refractivity contribution in [2.24, 2.45) is 0 Å². The molecule has 0 saturated heterocycles. The van der Waals surface area contributed by atoms with E-state index in [1.807, 2.05) is 6.07 Å². The molecule has 9 heteroatoms. The first kappa shape index (κ1) is 17.8. The zero-order chi connectivity index (χ0) is 19.6. The van der Waals surface area contributed by atoms with Crippen LogP contribution in [0, 0.1) is 11.3 Å². The molecule has 0 amide bonds. The molecular weight excluding hydrogens is 350 g/mol. The van der Waals surface area contributed by atoms with Crippen molar-refractivity contribution in [2.45, 2.75) is 0 Å². The maximum Gasteiger partial charge on any atom is 0.357 e. The molecule has 0 fully saturated rings. The van der Waals surface area contributed by atoms with Gasteiger partial charge in [0.05, 0.1) is 43.0 Å². The van der Waals surface area contributed by atoms with Gasteiger partial charge in [0, 0.05) is 24.3 Å². The second kappa shape index (κ2) is 7.05. The summed E-state index contributed by atoms with van der Waals surface area (Å²) in [6.07, 6.45) is 6.29. The van der Waals surface area contributed by atoms with Gasteiger partial charge in [0.15, 0.2) is 5.69 Å². The summed E-state index contributed by atoms with van der Waals surface area (Å²) in [6.45, 7) is 0. The van der Waals surface area contributed by atoms with Crippen LogP contribution in [0.4, 0.5) is 5.69 Å². The van der Waals surface area contributed by atoms with Crippen LogP contribution >= 0.6 is 0 Å². The van der Waals surface area contributed by atoms with Crippen molar-refractivity contribution in [3.8, 4) is 17.4 Å². The predicted molar refractivity (Wildman–Crippen MR) is 94.7 cm³/mol. The normalized spacial score (nSPS) is 10.3. The quantitative estimate of drug-likeness (QED) is 0.697. The highest BCUT2D eigenvalue weighted by Crippen LogP contribution is 2.28. The van der Waals surface area contributed by atoms with E-state index < -0.39 is 11.9 Å². The fraction of sp³-hybridized carbons (Fsp3) is 0.111. The highest BCUT2D eigenvalue weighted by Gasteiger charge is 2.25. The van der Waals surface area contributed by atoms with E-state index in [4.69, 9.17) is 15.2 Å². The van der Waals surface area contributed by atoms with E-state index in [-0.39, 0.29) is 22.5 Å². The van der Waals surface area contributed by atoms with Gasteiger partial charge in [-0.3, -0.25) is 0 Å². The lowest BCUT2D eigenvalue weighted by molar-refractivity contribution is 0.0582. The molecule has 2 aromatic heterocycles. The van der Waals surface area contributed by atoms with E-state index in [9.17, 15) is 14.9 Å². The van der Waals surface area contributed by atoms with E-state index in [1.165, 1.54) is 25.0 Å². The molecule has 0 atom stereocenters. The van der Waals surface area contributed by atoms with Crippen LogP contribution in [-0.4, -0.2) is 40.3 Å². The third-order valence-electron chi connectivity index (χ3n) is 3.99. The van der Waals surface area contributed by atoms with Gasteiger partial charge in [0.25, 0.3) is 0 Å². The topological polar surface area (TPSA) is 125 Å². The number of nitrogen functional groups attached to an aromatic ring is 1. The molecule has 0 spiro atoms. The van der Waals surface area contributed by atoms with Crippen LogP contribution in [0.5, 0.6) is 0 Å². The highest BCUT2D eigenvalue weighted by molar-refractivity contribution is 5.98. The SMILES string of the molecule is COC(=O)c1ccc(-n2ccnc2)cc1-n1cc(C#N)c(N)c1C(=O)OC. The Morgan fingerprint density at radius 3 is 2.56 bits per heavy atom. The summed E-state index contributed by atoms with van der Waals surface area (Å²) in [5.41, 5.74) is 7.11. The first-order chi connectivity index (χ1) is 13.0. The number of anilines is 1. The molecule has 27 heavy (non-hydrogen) atoms. The Labute approximate surface area is 154 Å². The Kier molecular flexibility index (Phi) is 4.64. The molecule has 9 nitrogen and oxygen atoms in total. The Morgan fingerprint density at radius 1 is 1.22 bits per heavy atom. The lowest BCUT2D eigenvalue weighted by Crippen LogP contribution is -2.14. The molecule has 0 radical (unpaired) electrons.